The summed E-state index contributed by atoms with van der Waals surface area (Å²) >= 11 is 0. The highest BCUT2D eigenvalue weighted by atomic mass is 15.0. The van der Waals surface area contributed by atoms with Crippen LogP contribution in [0.2, 0.25) is 0 Å². The SMILES string of the molecule is c1ccc2c(c1)Cc1c-2ccc2c1-c1cc3c(cc1C2)c1nc2cnccc2n1c1cccnc31. The Labute approximate surface area is 200 Å². The van der Waals surface area contributed by atoms with Crippen LogP contribution in [0.1, 0.15) is 22.3 Å². The lowest BCUT2D eigenvalue weighted by molar-refractivity contribution is 1.23. The van der Waals surface area contributed by atoms with Crippen molar-refractivity contribution in [1.29, 1.82) is 0 Å². The molecule has 0 radical (unpaired) electrons. The van der Waals surface area contributed by atoms with Crippen LogP contribution in [0.4, 0.5) is 0 Å². The van der Waals surface area contributed by atoms with Gasteiger partial charge in [0.05, 0.1) is 22.7 Å². The van der Waals surface area contributed by atoms with E-state index in [1.165, 1.54) is 44.5 Å². The van der Waals surface area contributed by atoms with E-state index in [-0.39, 0.29) is 0 Å². The van der Waals surface area contributed by atoms with Crippen molar-refractivity contribution < 1.29 is 0 Å². The summed E-state index contributed by atoms with van der Waals surface area (Å²) in [5, 5.41) is 2.31. The molecule has 0 N–H and O–H groups in total. The fourth-order valence-corrected chi connectivity index (χ4v) is 6.49. The molecule has 4 heteroatoms. The van der Waals surface area contributed by atoms with Crippen LogP contribution in [0.3, 0.4) is 0 Å². The molecule has 4 nitrogen and oxygen atoms in total. The lowest BCUT2D eigenvalue weighted by Gasteiger charge is -2.12. The van der Waals surface area contributed by atoms with E-state index in [4.69, 9.17) is 9.97 Å². The number of fused-ring (bicyclic) bond motifs is 15. The number of hydrogen-bond donors (Lipinski definition) is 0. The van der Waals surface area contributed by atoms with Crippen LogP contribution in [-0.4, -0.2) is 19.4 Å². The van der Waals surface area contributed by atoms with Crippen molar-refractivity contribution in [3.63, 3.8) is 0 Å². The van der Waals surface area contributed by atoms with E-state index in [0.29, 0.717) is 0 Å². The van der Waals surface area contributed by atoms with Crippen LogP contribution in [0.5, 0.6) is 0 Å². The molecule has 0 unspecified atom stereocenters. The average Bonchev–Trinajstić information content (AvgIpc) is 3.58. The monoisotopic (exact) mass is 446 g/mol. The number of imidazole rings is 1. The Hall–Kier alpha value is -4.57. The maximum absolute atomic E-state index is 5.03. The van der Waals surface area contributed by atoms with E-state index in [1.807, 2.05) is 30.7 Å². The highest BCUT2D eigenvalue weighted by Gasteiger charge is 2.29. The zero-order valence-electron chi connectivity index (χ0n) is 18.8. The van der Waals surface area contributed by atoms with Crippen molar-refractivity contribution in [2.24, 2.45) is 0 Å². The molecule has 0 spiro atoms. The zero-order valence-corrected chi connectivity index (χ0v) is 18.8. The lowest BCUT2D eigenvalue weighted by atomic mass is 9.94. The Bertz CT molecular complexity index is 2070. The van der Waals surface area contributed by atoms with E-state index in [9.17, 15) is 0 Å². The van der Waals surface area contributed by atoms with Crippen LogP contribution in [0, 0.1) is 0 Å². The van der Waals surface area contributed by atoms with Crippen molar-refractivity contribution in [2.45, 2.75) is 12.8 Å². The van der Waals surface area contributed by atoms with E-state index in [0.717, 1.165) is 51.3 Å². The van der Waals surface area contributed by atoms with Crippen LogP contribution >= 0.6 is 0 Å². The minimum absolute atomic E-state index is 0.907. The Morgan fingerprint density at radius 2 is 1.66 bits per heavy atom. The van der Waals surface area contributed by atoms with Crippen molar-refractivity contribution >= 4 is 38.5 Å². The van der Waals surface area contributed by atoms with E-state index in [1.54, 1.807) is 0 Å². The normalized spacial score (nSPS) is 13.5. The molecule has 0 atom stereocenters. The first-order valence-electron chi connectivity index (χ1n) is 12.0. The summed E-state index contributed by atoms with van der Waals surface area (Å²) in [5.41, 5.74) is 16.3. The molecule has 4 heterocycles. The summed E-state index contributed by atoms with van der Waals surface area (Å²) in [6.07, 6.45) is 7.53. The quantitative estimate of drug-likeness (QED) is 0.243. The first kappa shape index (κ1) is 17.8. The summed E-state index contributed by atoms with van der Waals surface area (Å²) in [7, 11) is 0. The number of benzene rings is 3. The van der Waals surface area contributed by atoms with Gasteiger partial charge in [-0.25, -0.2) is 4.98 Å². The molecule has 0 aliphatic heterocycles. The van der Waals surface area contributed by atoms with Crippen LogP contribution in [0.25, 0.3) is 60.7 Å². The molecule has 3 aromatic carbocycles. The van der Waals surface area contributed by atoms with Gasteiger partial charge in [0, 0.05) is 23.2 Å². The number of aromatic nitrogens is 4. The molecule has 7 aromatic rings. The minimum Gasteiger partial charge on any atom is -0.290 e. The van der Waals surface area contributed by atoms with E-state index in [2.05, 4.69) is 64.0 Å². The predicted octanol–water partition coefficient (Wildman–Crippen LogP) is 6.73. The molecule has 2 aliphatic carbocycles. The fourth-order valence-electron chi connectivity index (χ4n) is 6.49. The predicted molar refractivity (Wildman–Crippen MR) is 140 cm³/mol. The number of hydrogen-bond acceptors (Lipinski definition) is 3. The van der Waals surface area contributed by atoms with Gasteiger partial charge in [-0.15, -0.1) is 0 Å². The molecule has 162 valence electrons. The molecule has 0 amide bonds. The van der Waals surface area contributed by atoms with Crippen molar-refractivity contribution in [1.82, 2.24) is 19.4 Å². The molecule has 2 aliphatic rings. The Morgan fingerprint density at radius 3 is 2.66 bits per heavy atom. The highest BCUT2D eigenvalue weighted by molar-refractivity contribution is 6.14. The smallest absolute Gasteiger partial charge is 0.146 e. The lowest BCUT2D eigenvalue weighted by Crippen LogP contribution is -1.94. The largest absolute Gasteiger partial charge is 0.290 e. The summed E-state index contributed by atoms with van der Waals surface area (Å²) in [6.45, 7) is 0. The maximum atomic E-state index is 5.03. The van der Waals surface area contributed by atoms with Crippen molar-refractivity contribution in [2.75, 3.05) is 0 Å². The topological polar surface area (TPSA) is 43.1 Å². The van der Waals surface area contributed by atoms with Gasteiger partial charge in [-0.3, -0.25) is 14.4 Å². The van der Waals surface area contributed by atoms with Crippen molar-refractivity contribution in [3.05, 3.63) is 108 Å². The summed E-state index contributed by atoms with van der Waals surface area (Å²) in [5.74, 6) is 0. The molecular formula is C31H18N4. The van der Waals surface area contributed by atoms with Gasteiger partial charge in [-0.1, -0.05) is 36.4 Å². The third-order valence-electron chi connectivity index (χ3n) is 7.95. The molecule has 4 aromatic heterocycles. The maximum Gasteiger partial charge on any atom is 0.146 e. The van der Waals surface area contributed by atoms with Gasteiger partial charge in [-0.05, 0) is 87.7 Å². The third-order valence-corrected chi connectivity index (χ3v) is 7.95. The van der Waals surface area contributed by atoms with Crippen molar-refractivity contribution in [3.8, 4) is 22.3 Å². The van der Waals surface area contributed by atoms with Crippen LogP contribution in [-0.2, 0) is 12.8 Å². The number of nitrogens with zero attached hydrogens (tertiary/aromatic N) is 4. The summed E-state index contributed by atoms with van der Waals surface area (Å²) in [4.78, 5) is 14.2. The van der Waals surface area contributed by atoms with Gasteiger partial charge in [0.1, 0.15) is 11.2 Å². The van der Waals surface area contributed by atoms with Gasteiger partial charge in [-0.2, -0.15) is 0 Å². The molecule has 0 saturated heterocycles. The second-order valence-electron chi connectivity index (χ2n) is 9.70. The highest BCUT2D eigenvalue weighted by Crippen LogP contribution is 2.49. The van der Waals surface area contributed by atoms with Gasteiger partial charge in [0.2, 0.25) is 0 Å². The number of pyridine rings is 3. The standard InChI is InChI=1S/C31H18N4/c1-2-5-20-17(4-1)13-23-21(20)8-7-18-12-19-14-25-24(15-22(19)29(18)23)30-28(6-3-10-33-30)35-27-9-11-32-16-26(27)34-31(25)35/h1-11,14-16H,12-13H2. The van der Waals surface area contributed by atoms with E-state index < -0.39 is 0 Å². The van der Waals surface area contributed by atoms with Crippen LogP contribution in [0.15, 0.2) is 85.3 Å². The van der Waals surface area contributed by atoms with E-state index >= 15 is 0 Å². The Morgan fingerprint density at radius 1 is 0.686 bits per heavy atom. The molecule has 35 heavy (non-hydrogen) atoms. The molecule has 9 rings (SSSR count). The molecular weight excluding hydrogens is 428 g/mol. The second-order valence-corrected chi connectivity index (χ2v) is 9.70. The fraction of sp³-hybridized carbons (Fsp3) is 0.0645. The van der Waals surface area contributed by atoms with Gasteiger partial charge in [0.15, 0.2) is 0 Å². The second kappa shape index (κ2) is 6.10. The molecule has 0 fully saturated rings. The Balaban J connectivity index is 1.41. The third kappa shape index (κ3) is 2.15. The van der Waals surface area contributed by atoms with Crippen LogP contribution < -0.4 is 0 Å². The summed E-state index contributed by atoms with van der Waals surface area (Å²) < 4.78 is 2.24. The summed E-state index contributed by atoms with van der Waals surface area (Å²) in [6, 6.07) is 24.4. The Kier molecular flexibility index (Phi) is 3.11. The number of rotatable bonds is 0. The first-order valence-corrected chi connectivity index (χ1v) is 12.0. The molecule has 0 saturated carbocycles. The van der Waals surface area contributed by atoms with Gasteiger partial charge >= 0.3 is 0 Å². The van der Waals surface area contributed by atoms with Gasteiger partial charge < -0.3 is 0 Å². The zero-order chi connectivity index (χ0) is 22.7. The molecule has 0 bridgehead atoms. The average molecular weight is 447 g/mol. The first-order chi connectivity index (χ1) is 17.3. The minimum atomic E-state index is 0.907. The van der Waals surface area contributed by atoms with Gasteiger partial charge in [0.25, 0.3) is 0 Å².